The summed E-state index contributed by atoms with van der Waals surface area (Å²) in [6.45, 7) is 11.0. The molecule has 0 aromatic heterocycles. The molecule has 3 rings (SSSR count). The molecule has 2 aliphatic rings. The number of rotatable bonds is 12. The number of alkyl carbamates (subject to hydrolysis) is 1. The van der Waals surface area contributed by atoms with Crippen LogP contribution in [0.15, 0.2) is 42.5 Å². The number of ether oxygens (including phenoxy) is 4. The van der Waals surface area contributed by atoms with Crippen LogP contribution in [0.4, 0.5) is 4.79 Å². The maximum absolute atomic E-state index is 12.6. The Hall–Kier alpha value is -3.56. The van der Waals surface area contributed by atoms with Crippen molar-refractivity contribution >= 4 is 24.0 Å². The first-order valence-electron chi connectivity index (χ1n) is 14.1. The lowest BCUT2D eigenvalue weighted by atomic mass is 9.74. The molecule has 14 nitrogen and oxygen atoms in total. The van der Waals surface area contributed by atoms with Crippen molar-refractivity contribution in [3.63, 3.8) is 0 Å². The van der Waals surface area contributed by atoms with Crippen LogP contribution in [0.2, 0.25) is 0 Å². The van der Waals surface area contributed by atoms with E-state index in [1.807, 2.05) is 37.3 Å². The van der Waals surface area contributed by atoms with Gasteiger partial charge < -0.3 is 49.8 Å². The van der Waals surface area contributed by atoms with E-state index >= 15 is 0 Å². The molecule has 2 aliphatic heterocycles. The van der Waals surface area contributed by atoms with Gasteiger partial charge in [-0.15, -0.1) is 0 Å². The van der Waals surface area contributed by atoms with Crippen LogP contribution in [0.3, 0.4) is 0 Å². The second kappa shape index (κ2) is 12.8. The van der Waals surface area contributed by atoms with Gasteiger partial charge in [-0.1, -0.05) is 43.8 Å². The van der Waals surface area contributed by atoms with Crippen LogP contribution >= 0.6 is 0 Å². The minimum atomic E-state index is -3.49. The Morgan fingerprint density at radius 2 is 1.68 bits per heavy atom. The van der Waals surface area contributed by atoms with E-state index in [-0.39, 0.29) is 12.3 Å². The predicted octanol–water partition coefficient (Wildman–Crippen LogP) is 1.14. The Morgan fingerprint density at radius 3 is 2.20 bits per heavy atom. The minimum Gasteiger partial charge on any atom is -0.479 e. The smallest absolute Gasteiger partial charge is 0.407 e. The number of esters is 1. The minimum absolute atomic E-state index is 0.117. The lowest BCUT2D eigenvalue weighted by Gasteiger charge is -2.50. The Kier molecular flexibility index (Phi) is 10.2. The highest BCUT2D eigenvalue weighted by atomic mass is 16.8. The van der Waals surface area contributed by atoms with Gasteiger partial charge in [0.25, 0.3) is 0 Å². The number of aliphatic carboxylic acids is 2. The van der Waals surface area contributed by atoms with Crippen LogP contribution in [0.5, 0.6) is 0 Å². The molecular formula is C30H41NO13. The third kappa shape index (κ3) is 6.59. The van der Waals surface area contributed by atoms with E-state index < -0.39 is 84.0 Å². The number of carbonyl (C=O) groups is 4. The van der Waals surface area contributed by atoms with Crippen LogP contribution in [-0.4, -0.2) is 103 Å². The fourth-order valence-corrected chi connectivity index (χ4v) is 5.74. The molecule has 0 aliphatic carbocycles. The highest BCUT2D eigenvalue weighted by molar-refractivity contribution is 5.93. The SMILES string of the molecule is C=C(CCC12OC(CNC(=O)OC(C)(C)C)C(O)(C(=O)O)C(C(=O)O)(O1)C(O)C2O)C(OC(C)=O)C(C)Cc1ccccc1. The zero-order valence-corrected chi connectivity index (χ0v) is 25.3. The number of aliphatic hydroxyl groups excluding tert-OH is 2. The molecule has 244 valence electrons. The summed E-state index contributed by atoms with van der Waals surface area (Å²) in [5.41, 5.74) is -6.45. The molecule has 0 spiro atoms. The molecule has 14 heteroatoms. The number of benzene rings is 1. The summed E-state index contributed by atoms with van der Waals surface area (Å²) in [4.78, 5) is 49.3. The molecule has 8 atom stereocenters. The zero-order chi connectivity index (χ0) is 33.3. The molecule has 1 amide bonds. The highest BCUT2D eigenvalue weighted by Crippen LogP contribution is 2.54. The summed E-state index contributed by atoms with van der Waals surface area (Å²) in [5, 5.41) is 55.9. The monoisotopic (exact) mass is 623 g/mol. The lowest BCUT2D eigenvalue weighted by molar-refractivity contribution is -0.378. The topological polar surface area (TPSA) is 218 Å². The number of fused-ring (bicyclic) bond motifs is 2. The number of carboxylic acids is 2. The summed E-state index contributed by atoms with van der Waals surface area (Å²) in [5.74, 6) is -7.48. The average molecular weight is 624 g/mol. The Balaban J connectivity index is 1.93. The molecule has 0 radical (unpaired) electrons. The molecule has 1 aromatic carbocycles. The van der Waals surface area contributed by atoms with Crippen molar-refractivity contribution in [3.05, 3.63) is 48.0 Å². The molecule has 1 aromatic rings. The van der Waals surface area contributed by atoms with Crippen LogP contribution in [-0.2, 0) is 39.8 Å². The van der Waals surface area contributed by atoms with Gasteiger partial charge in [0, 0.05) is 19.3 Å². The van der Waals surface area contributed by atoms with Gasteiger partial charge in [0.15, 0.2) is 5.79 Å². The number of carbonyl (C=O) groups excluding carboxylic acids is 2. The summed E-state index contributed by atoms with van der Waals surface area (Å²) in [7, 11) is 0. The normalized spacial score (nSPS) is 31.0. The third-order valence-corrected chi connectivity index (χ3v) is 7.76. The molecule has 44 heavy (non-hydrogen) atoms. The fraction of sp³-hybridized carbons (Fsp3) is 0.600. The van der Waals surface area contributed by atoms with Gasteiger partial charge >= 0.3 is 24.0 Å². The van der Waals surface area contributed by atoms with E-state index in [0.717, 1.165) is 5.56 Å². The number of nitrogens with one attached hydrogen (secondary N) is 1. The lowest BCUT2D eigenvalue weighted by Crippen LogP contribution is -2.77. The second-order valence-corrected chi connectivity index (χ2v) is 12.3. The van der Waals surface area contributed by atoms with Crippen LogP contribution in [0, 0.1) is 5.92 Å². The average Bonchev–Trinajstić information content (AvgIpc) is 3.12. The number of carboxylic acid groups (broad SMARTS) is 2. The number of hydrogen-bond acceptors (Lipinski definition) is 11. The summed E-state index contributed by atoms with van der Waals surface area (Å²) in [6.07, 6.45) is -8.59. The number of amides is 1. The molecule has 2 fully saturated rings. The molecular weight excluding hydrogens is 582 g/mol. The Bertz CT molecular complexity index is 1260. The predicted molar refractivity (Wildman–Crippen MR) is 151 cm³/mol. The molecule has 2 bridgehead atoms. The van der Waals surface area contributed by atoms with Crippen molar-refractivity contribution < 1.29 is 63.7 Å². The van der Waals surface area contributed by atoms with Gasteiger partial charge in [-0.3, -0.25) is 4.79 Å². The maximum atomic E-state index is 12.6. The van der Waals surface area contributed by atoms with Crippen molar-refractivity contribution in [2.75, 3.05) is 6.54 Å². The van der Waals surface area contributed by atoms with Gasteiger partial charge in [0.1, 0.15) is 30.0 Å². The van der Waals surface area contributed by atoms with E-state index in [2.05, 4.69) is 11.9 Å². The van der Waals surface area contributed by atoms with Crippen molar-refractivity contribution in [2.24, 2.45) is 5.92 Å². The first kappa shape index (κ1) is 34.9. The maximum Gasteiger partial charge on any atom is 0.407 e. The van der Waals surface area contributed by atoms with E-state index in [1.54, 1.807) is 20.8 Å². The van der Waals surface area contributed by atoms with Gasteiger partial charge in [0.2, 0.25) is 11.2 Å². The van der Waals surface area contributed by atoms with Crippen LogP contribution in [0.1, 0.15) is 53.0 Å². The number of aliphatic hydroxyl groups is 3. The van der Waals surface area contributed by atoms with E-state index in [4.69, 9.17) is 18.9 Å². The summed E-state index contributed by atoms with van der Waals surface area (Å²) < 4.78 is 22.1. The standard InChI is InChI=1S/C30H41NO13/c1-16(21(41-18(3)32)17(2)14-19-10-8-7-9-11-19)12-13-28-22(33)23(34)30(44-28,25(37)38)29(40,24(35)36)20(42-28)15-31-26(39)43-27(4,5)6/h7-11,17,20-23,33-34,40H,1,12-15H2,2-6H3,(H,31,39)(H,35,36)(H,37,38). The van der Waals surface area contributed by atoms with Crippen LogP contribution in [0.25, 0.3) is 0 Å². The highest BCUT2D eigenvalue weighted by Gasteiger charge is 2.83. The third-order valence-electron chi connectivity index (χ3n) is 7.76. The molecule has 0 saturated carbocycles. The quantitative estimate of drug-likeness (QED) is 0.142. The largest absolute Gasteiger partial charge is 0.479 e. The van der Waals surface area contributed by atoms with Crippen molar-refractivity contribution in [1.82, 2.24) is 5.32 Å². The van der Waals surface area contributed by atoms with Gasteiger partial charge in [-0.25, -0.2) is 14.4 Å². The fourth-order valence-electron chi connectivity index (χ4n) is 5.74. The summed E-state index contributed by atoms with van der Waals surface area (Å²) >= 11 is 0. The molecule has 8 unspecified atom stereocenters. The molecule has 6 N–H and O–H groups in total. The van der Waals surface area contributed by atoms with Crippen LogP contribution < -0.4 is 5.32 Å². The van der Waals surface area contributed by atoms with Gasteiger partial charge in [0.05, 0.1) is 6.54 Å². The first-order valence-corrected chi connectivity index (χ1v) is 14.1. The molecule has 2 heterocycles. The van der Waals surface area contributed by atoms with Crippen molar-refractivity contribution in [3.8, 4) is 0 Å². The second-order valence-electron chi connectivity index (χ2n) is 12.3. The van der Waals surface area contributed by atoms with E-state index in [0.29, 0.717) is 12.0 Å². The zero-order valence-electron chi connectivity index (χ0n) is 25.3. The first-order chi connectivity index (χ1) is 20.3. The Labute approximate surface area is 254 Å². The van der Waals surface area contributed by atoms with Crippen molar-refractivity contribution in [1.29, 1.82) is 0 Å². The van der Waals surface area contributed by atoms with E-state index in [9.17, 15) is 44.7 Å². The number of hydrogen-bond donors (Lipinski definition) is 6. The summed E-state index contributed by atoms with van der Waals surface area (Å²) in [6, 6.07) is 9.40. The van der Waals surface area contributed by atoms with E-state index in [1.165, 1.54) is 6.92 Å². The molecule has 2 saturated heterocycles. The van der Waals surface area contributed by atoms with Gasteiger partial charge in [-0.2, -0.15) is 0 Å². The van der Waals surface area contributed by atoms with Crippen molar-refractivity contribution in [2.45, 2.75) is 101 Å². The van der Waals surface area contributed by atoms with Gasteiger partial charge in [-0.05, 0) is 44.7 Å². The Morgan fingerprint density at radius 1 is 1.07 bits per heavy atom.